The van der Waals surface area contributed by atoms with Gasteiger partial charge in [0.15, 0.2) is 5.13 Å². The molecule has 3 rings (SSSR count). The van der Waals surface area contributed by atoms with Crippen LogP contribution in [0.5, 0.6) is 0 Å². The van der Waals surface area contributed by atoms with Crippen molar-refractivity contribution in [2.75, 3.05) is 16.8 Å². The maximum atomic E-state index is 13.0. The molecule has 0 aliphatic carbocycles. The summed E-state index contributed by atoms with van der Waals surface area (Å²) in [6.07, 6.45) is 1.67. The lowest BCUT2D eigenvalue weighted by molar-refractivity contribution is -0.114. The van der Waals surface area contributed by atoms with Gasteiger partial charge < -0.3 is 5.32 Å². The highest BCUT2D eigenvalue weighted by Crippen LogP contribution is 2.28. The predicted octanol–water partition coefficient (Wildman–Crippen LogP) is 4.60. The van der Waals surface area contributed by atoms with E-state index in [2.05, 4.69) is 16.9 Å². The van der Waals surface area contributed by atoms with Crippen LogP contribution in [-0.2, 0) is 4.79 Å². The van der Waals surface area contributed by atoms with Gasteiger partial charge in [-0.1, -0.05) is 36.4 Å². The van der Waals surface area contributed by atoms with Crippen LogP contribution in [0.25, 0.3) is 11.3 Å². The van der Waals surface area contributed by atoms with E-state index in [0.29, 0.717) is 22.9 Å². The van der Waals surface area contributed by atoms with Crippen molar-refractivity contribution in [2.24, 2.45) is 0 Å². The minimum absolute atomic E-state index is 0.154. The molecule has 1 N–H and O–H groups in total. The first-order valence-electron chi connectivity index (χ1n) is 8.40. The maximum absolute atomic E-state index is 13.0. The molecule has 0 saturated carbocycles. The number of hydrogen-bond acceptors (Lipinski definition) is 4. The second kappa shape index (κ2) is 8.42. The van der Waals surface area contributed by atoms with Gasteiger partial charge in [-0.3, -0.25) is 14.5 Å². The summed E-state index contributed by atoms with van der Waals surface area (Å²) in [5.74, 6) is -0.322. The second-order valence-corrected chi connectivity index (χ2v) is 6.68. The van der Waals surface area contributed by atoms with Crippen molar-refractivity contribution in [3.8, 4) is 11.3 Å². The molecular formula is C21H19N3O2S. The summed E-state index contributed by atoms with van der Waals surface area (Å²) in [6, 6.07) is 16.6. The Labute approximate surface area is 162 Å². The standard InChI is InChI=1S/C21H19N3O2S/c1-3-13-24(20(26)17-9-11-18(12-10-17)22-15(2)25)21-23-19(14-27-21)16-7-5-4-6-8-16/h3-12,14H,1,13H2,2H3,(H,22,25). The van der Waals surface area contributed by atoms with Crippen LogP contribution in [0.3, 0.4) is 0 Å². The van der Waals surface area contributed by atoms with Gasteiger partial charge >= 0.3 is 0 Å². The zero-order chi connectivity index (χ0) is 19.2. The molecule has 0 spiro atoms. The van der Waals surface area contributed by atoms with Gasteiger partial charge in [0.1, 0.15) is 0 Å². The molecule has 1 heterocycles. The van der Waals surface area contributed by atoms with Crippen LogP contribution in [0, 0.1) is 0 Å². The van der Waals surface area contributed by atoms with E-state index in [4.69, 9.17) is 0 Å². The molecule has 0 fully saturated rings. The highest BCUT2D eigenvalue weighted by molar-refractivity contribution is 7.14. The molecule has 3 aromatic rings. The van der Waals surface area contributed by atoms with Gasteiger partial charge in [0.25, 0.3) is 5.91 Å². The molecule has 1 aromatic heterocycles. The van der Waals surface area contributed by atoms with Gasteiger partial charge in [-0.15, -0.1) is 17.9 Å². The third-order valence-corrected chi connectivity index (χ3v) is 4.67. The third-order valence-electron chi connectivity index (χ3n) is 3.80. The number of nitrogens with zero attached hydrogens (tertiary/aromatic N) is 2. The van der Waals surface area contributed by atoms with E-state index in [9.17, 15) is 9.59 Å². The summed E-state index contributed by atoms with van der Waals surface area (Å²) in [7, 11) is 0. The van der Waals surface area contributed by atoms with Gasteiger partial charge in [-0.2, -0.15) is 0 Å². The fourth-order valence-corrected chi connectivity index (χ4v) is 3.40. The summed E-state index contributed by atoms with van der Waals surface area (Å²) < 4.78 is 0. The van der Waals surface area contributed by atoms with Gasteiger partial charge in [0.05, 0.1) is 5.69 Å². The number of amides is 2. The lowest BCUT2D eigenvalue weighted by Crippen LogP contribution is -2.31. The van der Waals surface area contributed by atoms with Crippen molar-refractivity contribution >= 4 is 34.0 Å². The smallest absolute Gasteiger partial charge is 0.260 e. The predicted molar refractivity (Wildman–Crippen MR) is 110 cm³/mol. The zero-order valence-corrected chi connectivity index (χ0v) is 15.7. The van der Waals surface area contributed by atoms with Crippen molar-refractivity contribution in [2.45, 2.75) is 6.92 Å². The Morgan fingerprint density at radius 3 is 2.48 bits per heavy atom. The Balaban J connectivity index is 1.85. The van der Waals surface area contributed by atoms with Crippen LogP contribution in [0.4, 0.5) is 10.8 Å². The van der Waals surface area contributed by atoms with Crippen molar-refractivity contribution in [1.82, 2.24) is 4.98 Å². The normalized spacial score (nSPS) is 10.3. The fourth-order valence-electron chi connectivity index (χ4n) is 2.56. The van der Waals surface area contributed by atoms with E-state index in [-0.39, 0.29) is 11.8 Å². The molecule has 27 heavy (non-hydrogen) atoms. The molecule has 2 aromatic carbocycles. The molecule has 5 nitrogen and oxygen atoms in total. The van der Waals surface area contributed by atoms with Crippen molar-refractivity contribution in [3.05, 3.63) is 78.2 Å². The summed E-state index contributed by atoms with van der Waals surface area (Å²) in [6.45, 7) is 5.55. The number of hydrogen-bond donors (Lipinski definition) is 1. The quantitative estimate of drug-likeness (QED) is 0.639. The van der Waals surface area contributed by atoms with Gasteiger partial charge in [-0.25, -0.2) is 4.98 Å². The number of carbonyl (C=O) groups excluding carboxylic acids is 2. The molecule has 6 heteroatoms. The molecule has 136 valence electrons. The average Bonchev–Trinajstić information content (AvgIpc) is 3.16. The monoisotopic (exact) mass is 377 g/mol. The molecule has 0 bridgehead atoms. The Hall–Kier alpha value is -3.25. The number of nitrogens with one attached hydrogen (secondary N) is 1. The van der Waals surface area contributed by atoms with Crippen LogP contribution in [0.2, 0.25) is 0 Å². The number of carbonyl (C=O) groups is 2. The second-order valence-electron chi connectivity index (χ2n) is 5.84. The minimum Gasteiger partial charge on any atom is -0.326 e. The molecular weight excluding hydrogens is 358 g/mol. The summed E-state index contributed by atoms with van der Waals surface area (Å²) in [5.41, 5.74) is 3.00. The van der Waals surface area contributed by atoms with Crippen LogP contribution in [0.1, 0.15) is 17.3 Å². The number of benzene rings is 2. The average molecular weight is 377 g/mol. The van der Waals surface area contributed by atoms with E-state index >= 15 is 0 Å². The minimum atomic E-state index is -0.168. The Morgan fingerprint density at radius 1 is 1.15 bits per heavy atom. The lowest BCUT2D eigenvalue weighted by atomic mass is 10.2. The largest absolute Gasteiger partial charge is 0.326 e. The Morgan fingerprint density at radius 2 is 1.85 bits per heavy atom. The SMILES string of the molecule is C=CCN(C(=O)c1ccc(NC(C)=O)cc1)c1nc(-c2ccccc2)cs1. The Bertz CT molecular complexity index is 949. The fraction of sp³-hybridized carbons (Fsp3) is 0.0952. The summed E-state index contributed by atoms with van der Waals surface area (Å²) in [5, 5.41) is 5.24. The van der Waals surface area contributed by atoms with Gasteiger partial charge in [0.2, 0.25) is 5.91 Å². The highest BCUT2D eigenvalue weighted by atomic mass is 32.1. The van der Waals surface area contributed by atoms with E-state index < -0.39 is 0 Å². The first kappa shape index (κ1) is 18.5. The molecule has 0 unspecified atom stereocenters. The number of anilines is 2. The number of thiazole rings is 1. The van der Waals surface area contributed by atoms with E-state index in [1.165, 1.54) is 18.3 Å². The van der Waals surface area contributed by atoms with Crippen molar-refractivity contribution in [3.63, 3.8) is 0 Å². The summed E-state index contributed by atoms with van der Waals surface area (Å²) in [4.78, 5) is 30.3. The molecule has 0 atom stereocenters. The molecule has 0 aliphatic rings. The Kier molecular flexibility index (Phi) is 5.78. The third kappa shape index (κ3) is 4.48. The van der Waals surface area contributed by atoms with Crippen LogP contribution >= 0.6 is 11.3 Å². The van der Waals surface area contributed by atoms with E-state index in [1.807, 2.05) is 35.7 Å². The first-order chi connectivity index (χ1) is 13.1. The molecule has 2 amide bonds. The van der Waals surface area contributed by atoms with Gasteiger partial charge in [-0.05, 0) is 24.3 Å². The maximum Gasteiger partial charge on any atom is 0.260 e. The molecule has 0 radical (unpaired) electrons. The van der Waals surface area contributed by atoms with Crippen LogP contribution in [0.15, 0.2) is 72.6 Å². The van der Waals surface area contributed by atoms with E-state index in [0.717, 1.165) is 11.3 Å². The van der Waals surface area contributed by atoms with Crippen molar-refractivity contribution < 1.29 is 9.59 Å². The first-order valence-corrected chi connectivity index (χ1v) is 9.28. The molecule has 0 saturated heterocycles. The topological polar surface area (TPSA) is 62.3 Å². The molecule has 0 aliphatic heterocycles. The van der Waals surface area contributed by atoms with Crippen molar-refractivity contribution in [1.29, 1.82) is 0 Å². The number of rotatable bonds is 6. The van der Waals surface area contributed by atoms with Crippen LogP contribution in [-0.4, -0.2) is 23.3 Å². The summed E-state index contributed by atoms with van der Waals surface area (Å²) >= 11 is 1.42. The highest BCUT2D eigenvalue weighted by Gasteiger charge is 2.20. The lowest BCUT2D eigenvalue weighted by Gasteiger charge is -2.18. The van der Waals surface area contributed by atoms with E-state index in [1.54, 1.807) is 35.2 Å². The van der Waals surface area contributed by atoms with Crippen LogP contribution < -0.4 is 10.2 Å². The number of aromatic nitrogens is 1. The van der Waals surface area contributed by atoms with Gasteiger partial charge in [0, 0.05) is 35.7 Å². The zero-order valence-electron chi connectivity index (χ0n) is 14.9.